The summed E-state index contributed by atoms with van der Waals surface area (Å²) in [6, 6.07) is 14.5. The van der Waals surface area contributed by atoms with Gasteiger partial charge in [-0.3, -0.25) is 4.79 Å². The fourth-order valence-corrected chi connectivity index (χ4v) is 5.44. The van der Waals surface area contributed by atoms with Gasteiger partial charge in [-0.15, -0.1) is 0 Å². The Kier molecular flexibility index (Phi) is 8.59. The third-order valence-electron chi connectivity index (χ3n) is 4.64. The zero-order valence-electron chi connectivity index (χ0n) is 16.6. The first-order valence-electron chi connectivity index (χ1n) is 9.69. The normalized spacial score (nSPS) is 15.1. The molecule has 1 saturated heterocycles. The van der Waals surface area contributed by atoms with Gasteiger partial charge in [-0.1, -0.05) is 35.9 Å². The number of rotatable bonds is 9. The van der Waals surface area contributed by atoms with E-state index in [1.807, 2.05) is 24.3 Å². The van der Waals surface area contributed by atoms with E-state index in [-0.39, 0.29) is 11.7 Å². The van der Waals surface area contributed by atoms with Crippen molar-refractivity contribution in [3.8, 4) is 0 Å². The van der Waals surface area contributed by atoms with Gasteiger partial charge in [0.15, 0.2) is 0 Å². The number of nitrogens with one attached hydrogen (secondary N) is 1. The molecule has 0 aromatic heterocycles. The number of benzene rings is 2. The molecular weight excluding hydrogens is 444 g/mol. The summed E-state index contributed by atoms with van der Waals surface area (Å²) in [5, 5.41) is 3.62. The Bertz CT molecular complexity index is 928. The van der Waals surface area contributed by atoms with Crippen molar-refractivity contribution in [2.45, 2.75) is 11.5 Å². The lowest BCUT2D eigenvalue weighted by Gasteiger charge is -2.26. The number of thioether (sulfide) groups is 1. The molecule has 6 nitrogen and oxygen atoms in total. The molecule has 0 radical (unpaired) electrons. The molecule has 1 N–H and O–H groups in total. The molecule has 2 aromatic rings. The molecule has 9 heteroatoms. The van der Waals surface area contributed by atoms with Crippen molar-refractivity contribution in [3.63, 3.8) is 0 Å². The third-order valence-corrected chi connectivity index (χ3v) is 7.77. The predicted molar refractivity (Wildman–Crippen MR) is 121 cm³/mol. The monoisotopic (exact) mass is 468 g/mol. The number of morpholine rings is 1. The van der Waals surface area contributed by atoms with Crippen LogP contribution in [0.4, 0.5) is 0 Å². The average molecular weight is 469 g/mol. The van der Waals surface area contributed by atoms with Crippen LogP contribution in [0, 0.1) is 0 Å². The van der Waals surface area contributed by atoms with Crippen LogP contribution in [0.2, 0.25) is 5.02 Å². The zero-order chi connectivity index (χ0) is 21.4. The van der Waals surface area contributed by atoms with Gasteiger partial charge in [0.2, 0.25) is 10.0 Å². The molecule has 0 saturated carbocycles. The lowest BCUT2D eigenvalue weighted by atomic mass is 10.1. The summed E-state index contributed by atoms with van der Waals surface area (Å²) in [7, 11) is -3.37. The van der Waals surface area contributed by atoms with E-state index in [1.165, 1.54) is 9.87 Å². The number of ether oxygens (including phenoxy) is 1. The Morgan fingerprint density at radius 2 is 1.67 bits per heavy atom. The van der Waals surface area contributed by atoms with E-state index in [0.29, 0.717) is 44.0 Å². The van der Waals surface area contributed by atoms with Gasteiger partial charge in [0, 0.05) is 41.7 Å². The molecular formula is C21H25ClN2O4S2. The lowest BCUT2D eigenvalue weighted by Crippen LogP contribution is -2.41. The molecule has 1 amide bonds. The Morgan fingerprint density at radius 1 is 1.03 bits per heavy atom. The van der Waals surface area contributed by atoms with Crippen molar-refractivity contribution < 1.29 is 17.9 Å². The molecule has 0 unspecified atom stereocenters. The van der Waals surface area contributed by atoms with E-state index in [4.69, 9.17) is 16.3 Å². The van der Waals surface area contributed by atoms with Crippen LogP contribution in [-0.4, -0.2) is 57.2 Å². The first kappa shape index (κ1) is 23.1. The number of hydrogen-bond donors (Lipinski definition) is 1. The summed E-state index contributed by atoms with van der Waals surface area (Å²) in [6.07, 6.45) is 0. The number of carbonyl (C=O) groups excluding carboxylic acids is 1. The van der Waals surface area contributed by atoms with E-state index < -0.39 is 10.0 Å². The standard InChI is InChI=1S/C21H25ClN2O4S2/c22-20-7-3-17(4-8-20)15-29-14-9-23-21(25)19-5-1-18(2-6-19)16-30(26,27)24-10-12-28-13-11-24/h1-8H,9-16H2,(H,23,25). The SMILES string of the molecule is O=C(NCCSCc1ccc(Cl)cc1)c1ccc(CS(=O)(=O)N2CCOCC2)cc1. The predicted octanol–water partition coefficient (Wildman–Crippen LogP) is 3.17. The van der Waals surface area contributed by atoms with Crippen molar-refractivity contribution in [2.24, 2.45) is 0 Å². The van der Waals surface area contributed by atoms with Crippen LogP contribution in [0.25, 0.3) is 0 Å². The maximum atomic E-state index is 12.5. The minimum atomic E-state index is -3.37. The summed E-state index contributed by atoms with van der Waals surface area (Å²) in [5.74, 6) is 1.42. The third kappa shape index (κ3) is 6.99. The van der Waals surface area contributed by atoms with Gasteiger partial charge in [0.25, 0.3) is 5.91 Å². The maximum Gasteiger partial charge on any atom is 0.251 e. The first-order valence-corrected chi connectivity index (χ1v) is 12.8. The van der Waals surface area contributed by atoms with E-state index in [9.17, 15) is 13.2 Å². The van der Waals surface area contributed by atoms with Crippen LogP contribution in [0.3, 0.4) is 0 Å². The largest absolute Gasteiger partial charge is 0.379 e. The molecule has 0 atom stereocenters. The molecule has 1 fully saturated rings. The van der Waals surface area contributed by atoms with Crippen LogP contribution < -0.4 is 5.32 Å². The molecule has 30 heavy (non-hydrogen) atoms. The number of halogens is 1. The first-order chi connectivity index (χ1) is 14.4. The van der Waals surface area contributed by atoms with E-state index in [2.05, 4.69) is 5.32 Å². The van der Waals surface area contributed by atoms with Crippen molar-refractivity contribution in [3.05, 3.63) is 70.2 Å². The zero-order valence-corrected chi connectivity index (χ0v) is 18.9. The highest BCUT2D eigenvalue weighted by Gasteiger charge is 2.24. The fraction of sp³-hybridized carbons (Fsp3) is 0.381. The van der Waals surface area contributed by atoms with Gasteiger partial charge < -0.3 is 10.1 Å². The number of amides is 1. The Hall–Kier alpha value is -1.58. The Labute approximate surface area is 187 Å². The van der Waals surface area contributed by atoms with Crippen LogP contribution in [-0.2, 0) is 26.3 Å². The van der Waals surface area contributed by atoms with Gasteiger partial charge in [0.1, 0.15) is 0 Å². The minimum absolute atomic E-state index is 0.0732. The number of carbonyl (C=O) groups is 1. The smallest absolute Gasteiger partial charge is 0.251 e. The molecule has 2 aromatic carbocycles. The highest BCUT2D eigenvalue weighted by molar-refractivity contribution is 7.98. The summed E-state index contributed by atoms with van der Waals surface area (Å²) >= 11 is 7.61. The second-order valence-corrected chi connectivity index (χ2v) is 10.4. The van der Waals surface area contributed by atoms with Crippen LogP contribution >= 0.6 is 23.4 Å². The van der Waals surface area contributed by atoms with E-state index in [0.717, 1.165) is 16.5 Å². The maximum absolute atomic E-state index is 12.5. The average Bonchev–Trinajstić information content (AvgIpc) is 2.75. The van der Waals surface area contributed by atoms with Crippen molar-refractivity contribution >= 4 is 39.3 Å². The molecule has 1 aliphatic heterocycles. The van der Waals surface area contributed by atoms with Crippen LogP contribution in [0.5, 0.6) is 0 Å². The fourth-order valence-electron chi connectivity index (χ4n) is 2.99. The van der Waals surface area contributed by atoms with Gasteiger partial charge >= 0.3 is 0 Å². The number of hydrogen-bond acceptors (Lipinski definition) is 5. The molecule has 0 spiro atoms. The molecule has 0 aliphatic carbocycles. The number of nitrogens with zero attached hydrogens (tertiary/aromatic N) is 1. The van der Waals surface area contributed by atoms with Crippen molar-refractivity contribution in [1.82, 2.24) is 9.62 Å². The van der Waals surface area contributed by atoms with Crippen molar-refractivity contribution in [2.75, 3.05) is 38.6 Å². The topological polar surface area (TPSA) is 75.7 Å². The Morgan fingerprint density at radius 3 is 2.33 bits per heavy atom. The summed E-state index contributed by atoms with van der Waals surface area (Å²) in [5.41, 5.74) is 2.38. The Balaban J connectivity index is 1.41. The summed E-state index contributed by atoms with van der Waals surface area (Å²) in [4.78, 5) is 12.3. The second kappa shape index (κ2) is 11.2. The van der Waals surface area contributed by atoms with Crippen molar-refractivity contribution in [1.29, 1.82) is 0 Å². The van der Waals surface area contributed by atoms with Gasteiger partial charge in [-0.05, 0) is 35.4 Å². The van der Waals surface area contributed by atoms with Gasteiger partial charge in [-0.25, -0.2) is 8.42 Å². The summed E-state index contributed by atoms with van der Waals surface area (Å²) < 4.78 is 31.6. The molecule has 1 aliphatic rings. The van der Waals surface area contributed by atoms with E-state index >= 15 is 0 Å². The van der Waals surface area contributed by atoms with Gasteiger partial charge in [0.05, 0.1) is 19.0 Å². The molecule has 162 valence electrons. The number of sulfonamides is 1. The molecule has 1 heterocycles. The summed E-state index contributed by atoms with van der Waals surface area (Å²) in [6.45, 7) is 2.19. The van der Waals surface area contributed by atoms with Crippen LogP contribution in [0.1, 0.15) is 21.5 Å². The lowest BCUT2D eigenvalue weighted by molar-refractivity contribution is 0.0729. The quantitative estimate of drug-likeness (QED) is 0.572. The molecule has 3 rings (SSSR count). The second-order valence-electron chi connectivity index (χ2n) is 6.90. The van der Waals surface area contributed by atoms with Gasteiger partial charge in [-0.2, -0.15) is 16.1 Å². The highest BCUT2D eigenvalue weighted by Crippen LogP contribution is 2.16. The van der Waals surface area contributed by atoms with E-state index in [1.54, 1.807) is 36.0 Å². The van der Waals surface area contributed by atoms with Crippen LogP contribution in [0.15, 0.2) is 48.5 Å². The molecule has 0 bridgehead atoms. The highest BCUT2D eigenvalue weighted by atomic mass is 35.5. The minimum Gasteiger partial charge on any atom is -0.379 e.